The van der Waals surface area contributed by atoms with E-state index in [-0.39, 0.29) is 0 Å². The summed E-state index contributed by atoms with van der Waals surface area (Å²) in [5, 5.41) is 10.7. The van der Waals surface area contributed by atoms with Gasteiger partial charge in [0.1, 0.15) is 10.0 Å². The Balaban J connectivity index is 1.88. The van der Waals surface area contributed by atoms with Gasteiger partial charge in [0, 0.05) is 18.7 Å². The summed E-state index contributed by atoms with van der Waals surface area (Å²) < 4.78 is 0. The Hall–Kier alpha value is -0.930. The van der Waals surface area contributed by atoms with Crippen molar-refractivity contribution in [2.75, 3.05) is 5.88 Å². The van der Waals surface area contributed by atoms with E-state index in [0.717, 1.165) is 35.7 Å². The van der Waals surface area contributed by atoms with Crippen LogP contribution < -0.4 is 0 Å². The van der Waals surface area contributed by atoms with Crippen LogP contribution >= 0.6 is 22.9 Å². The van der Waals surface area contributed by atoms with E-state index in [2.05, 4.69) is 41.4 Å². The van der Waals surface area contributed by atoms with E-state index in [9.17, 15) is 0 Å². The van der Waals surface area contributed by atoms with Gasteiger partial charge in [0.2, 0.25) is 0 Å². The first-order valence-corrected chi connectivity index (χ1v) is 7.56. The van der Waals surface area contributed by atoms with Crippen molar-refractivity contribution >= 4 is 22.9 Å². The number of aromatic nitrogens is 2. The van der Waals surface area contributed by atoms with Crippen LogP contribution in [0.2, 0.25) is 0 Å². The van der Waals surface area contributed by atoms with Crippen LogP contribution in [0, 0.1) is 6.92 Å². The number of aryl methyl sites for hydroxylation is 4. The SMILES string of the molecule is Cc1cccc(CCc2nnc(CCCCl)s2)c1. The van der Waals surface area contributed by atoms with Crippen molar-refractivity contribution in [1.29, 1.82) is 0 Å². The van der Waals surface area contributed by atoms with Gasteiger partial charge in [-0.15, -0.1) is 33.1 Å². The lowest BCUT2D eigenvalue weighted by molar-refractivity contribution is 0.856. The molecule has 1 aromatic carbocycles. The fraction of sp³-hybridized carbons (Fsp3) is 0.429. The lowest BCUT2D eigenvalue weighted by Crippen LogP contribution is -1.91. The maximum Gasteiger partial charge on any atom is 0.117 e. The molecule has 0 N–H and O–H groups in total. The molecule has 2 nitrogen and oxygen atoms in total. The third-order valence-electron chi connectivity index (χ3n) is 2.74. The molecule has 1 aromatic heterocycles. The van der Waals surface area contributed by atoms with E-state index >= 15 is 0 Å². The highest BCUT2D eigenvalue weighted by atomic mass is 35.5. The fourth-order valence-corrected chi connectivity index (χ4v) is 2.85. The molecular formula is C14H17ClN2S. The standard InChI is InChI=1S/C14H17ClN2S/c1-11-4-2-5-12(10-11)7-8-14-17-16-13(18-14)6-3-9-15/h2,4-5,10H,3,6-9H2,1H3. The summed E-state index contributed by atoms with van der Waals surface area (Å²) in [6.07, 6.45) is 3.94. The van der Waals surface area contributed by atoms with Gasteiger partial charge in [0.25, 0.3) is 0 Å². The zero-order valence-electron chi connectivity index (χ0n) is 10.5. The molecule has 0 aliphatic rings. The van der Waals surface area contributed by atoms with Crippen molar-refractivity contribution in [2.24, 2.45) is 0 Å². The van der Waals surface area contributed by atoms with Gasteiger partial charge in [0.05, 0.1) is 0 Å². The van der Waals surface area contributed by atoms with Crippen LogP contribution in [0.1, 0.15) is 27.6 Å². The fourth-order valence-electron chi connectivity index (χ4n) is 1.83. The van der Waals surface area contributed by atoms with Crippen LogP contribution in [0.25, 0.3) is 0 Å². The number of halogens is 1. The van der Waals surface area contributed by atoms with Gasteiger partial charge in [-0.3, -0.25) is 0 Å². The van der Waals surface area contributed by atoms with Gasteiger partial charge < -0.3 is 0 Å². The summed E-state index contributed by atoms with van der Waals surface area (Å²) in [6.45, 7) is 2.12. The largest absolute Gasteiger partial charge is 0.144 e. The van der Waals surface area contributed by atoms with Crippen molar-refractivity contribution < 1.29 is 0 Å². The zero-order valence-corrected chi connectivity index (χ0v) is 12.1. The van der Waals surface area contributed by atoms with Crippen LogP contribution in [0.4, 0.5) is 0 Å². The number of nitrogens with zero attached hydrogens (tertiary/aromatic N) is 2. The minimum absolute atomic E-state index is 0.693. The second kappa shape index (κ2) is 6.86. The second-order valence-electron chi connectivity index (χ2n) is 4.37. The van der Waals surface area contributed by atoms with Crippen molar-refractivity contribution in [3.63, 3.8) is 0 Å². The van der Waals surface area contributed by atoms with Gasteiger partial charge in [0.15, 0.2) is 0 Å². The Labute approximate surface area is 117 Å². The van der Waals surface area contributed by atoms with E-state index < -0.39 is 0 Å². The van der Waals surface area contributed by atoms with Crippen LogP contribution in [-0.4, -0.2) is 16.1 Å². The minimum atomic E-state index is 0.693. The Kier molecular flexibility index (Phi) is 5.14. The first-order chi connectivity index (χ1) is 8.78. The molecule has 18 heavy (non-hydrogen) atoms. The normalized spacial score (nSPS) is 10.8. The zero-order chi connectivity index (χ0) is 12.8. The van der Waals surface area contributed by atoms with Gasteiger partial charge in [-0.2, -0.15) is 0 Å². The highest BCUT2D eigenvalue weighted by Crippen LogP contribution is 2.15. The second-order valence-corrected chi connectivity index (χ2v) is 5.90. The molecule has 0 unspecified atom stereocenters. The molecular weight excluding hydrogens is 264 g/mol. The molecule has 0 bridgehead atoms. The topological polar surface area (TPSA) is 25.8 Å². The maximum absolute atomic E-state index is 5.67. The molecule has 0 amide bonds. The highest BCUT2D eigenvalue weighted by Gasteiger charge is 2.04. The van der Waals surface area contributed by atoms with Crippen LogP contribution in [0.5, 0.6) is 0 Å². The van der Waals surface area contributed by atoms with Crippen molar-refractivity contribution in [1.82, 2.24) is 10.2 Å². The molecule has 0 atom stereocenters. The predicted molar refractivity (Wildman–Crippen MR) is 77.5 cm³/mol. The average Bonchev–Trinajstić information content (AvgIpc) is 2.82. The van der Waals surface area contributed by atoms with E-state index in [1.807, 2.05) is 0 Å². The van der Waals surface area contributed by atoms with Gasteiger partial charge in [-0.1, -0.05) is 29.8 Å². The van der Waals surface area contributed by atoms with E-state index in [1.54, 1.807) is 11.3 Å². The summed E-state index contributed by atoms with van der Waals surface area (Å²) in [7, 11) is 0. The highest BCUT2D eigenvalue weighted by molar-refractivity contribution is 7.11. The van der Waals surface area contributed by atoms with Crippen molar-refractivity contribution in [3.05, 3.63) is 45.4 Å². The summed E-state index contributed by atoms with van der Waals surface area (Å²) in [5.74, 6) is 0.693. The van der Waals surface area contributed by atoms with Crippen LogP contribution in [0.3, 0.4) is 0 Å². The molecule has 0 saturated carbocycles. The Morgan fingerprint density at radius 3 is 2.61 bits per heavy atom. The Bertz CT molecular complexity index is 496. The number of hydrogen-bond acceptors (Lipinski definition) is 3. The smallest absolute Gasteiger partial charge is 0.117 e. The molecule has 1 heterocycles. The van der Waals surface area contributed by atoms with Gasteiger partial charge in [-0.25, -0.2) is 0 Å². The number of benzene rings is 1. The molecule has 2 rings (SSSR count). The lowest BCUT2D eigenvalue weighted by Gasteiger charge is -1.99. The summed E-state index contributed by atoms with van der Waals surface area (Å²) in [4.78, 5) is 0. The molecule has 0 fully saturated rings. The third-order valence-corrected chi connectivity index (χ3v) is 4.05. The molecule has 96 valence electrons. The molecule has 4 heteroatoms. The number of alkyl halides is 1. The summed E-state index contributed by atoms with van der Waals surface area (Å²) in [5.41, 5.74) is 2.68. The maximum atomic E-state index is 5.67. The van der Waals surface area contributed by atoms with E-state index in [4.69, 9.17) is 11.6 Å². The van der Waals surface area contributed by atoms with Gasteiger partial charge >= 0.3 is 0 Å². The summed E-state index contributed by atoms with van der Waals surface area (Å²) >= 11 is 7.39. The minimum Gasteiger partial charge on any atom is -0.144 e. The molecule has 2 aromatic rings. The first-order valence-electron chi connectivity index (χ1n) is 6.20. The molecule has 0 aliphatic heterocycles. The number of rotatable bonds is 6. The monoisotopic (exact) mass is 280 g/mol. The Morgan fingerprint density at radius 1 is 1.11 bits per heavy atom. The average molecular weight is 281 g/mol. The summed E-state index contributed by atoms with van der Waals surface area (Å²) in [6, 6.07) is 8.63. The molecule has 0 saturated heterocycles. The van der Waals surface area contributed by atoms with Crippen molar-refractivity contribution in [3.8, 4) is 0 Å². The number of hydrogen-bond donors (Lipinski definition) is 0. The lowest BCUT2D eigenvalue weighted by atomic mass is 10.1. The van der Waals surface area contributed by atoms with Crippen molar-refractivity contribution in [2.45, 2.75) is 32.6 Å². The van der Waals surface area contributed by atoms with Crippen LogP contribution in [-0.2, 0) is 19.3 Å². The predicted octanol–water partition coefficient (Wildman–Crippen LogP) is 3.80. The quantitative estimate of drug-likeness (QED) is 0.752. The molecule has 0 radical (unpaired) electrons. The Morgan fingerprint density at radius 2 is 1.89 bits per heavy atom. The third kappa shape index (κ3) is 4.07. The van der Waals surface area contributed by atoms with Gasteiger partial charge in [-0.05, 0) is 25.3 Å². The van der Waals surface area contributed by atoms with Crippen LogP contribution in [0.15, 0.2) is 24.3 Å². The molecule has 0 spiro atoms. The van der Waals surface area contributed by atoms with E-state index in [1.165, 1.54) is 11.1 Å². The van der Waals surface area contributed by atoms with E-state index in [0.29, 0.717) is 5.88 Å². The first kappa shape index (κ1) is 13.5. The molecule has 0 aliphatic carbocycles.